The molecule has 1 saturated carbocycles. The number of nitrogens with one attached hydrogen (secondary N) is 1. The highest BCUT2D eigenvalue weighted by molar-refractivity contribution is 8.13. The zero-order valence-corrected chi connectivity index (χ0v) is 14.8. The molecule has 0 amide bonds. The van der Waals surface area contributed by atoms with E-state index >= 15 is 0 Å². The fraction of sp³-hybridized carbons (Fsp3) is 0.579. The smallest absolute Gasteiger partial charge is 0.162 e. The molecule has 4 heteroatoms. The van der Waals surface area contributed by atoms with Crippen LogP contribution in [-0.4, -0.2) is 22.8 Å². The Balaban J connectivity index is 1.77. The molecule has 2 aliphatic rings. The van der Waals surface area contributed by atoms with Crippen LogP contribution in [0.5, 0.6) is 0 Å². The van der Waals surface area contributed by atoms with Gasteiger partial charge in [-0.3, -0.25) is 9.98 Å². The van der Waals surface area contributed by atoms with E-state index in [-0.39, 0.29) is 6.04 Å². The third-order valence-corrected chi connectivity index (χ3v) is 5.31. The molecule has 1 fully saturated rings. The lowest BCUT2D eigenvalue weighted by molar-refractivity contribution is 0.579. The number of aliphatic imine (C=N–C) groups is 2. The molecule has 1 heterocycles. The first-order valence-electron chi connectivity index (χ1n) is 8.94. The molecule has 1 unspecified atom stereocenters. The number of hydrogen-bond donors (Lipinski definition) is 1. The largest absolute Gasteiger partial charge is 0.323 e. The third-order valence-electron chi connectivity index (χ3n) is 4.54. The molecule has 0 aromatic heterocycles. The second-order valence-electron chi connectivity index (χ2n) is 6.34. The van der Waals surface area contributed by atoms with E-state index in [4.69, 9.17) is 9.98 Å². The molecule has 0 spiro atoms. The van der Waals surface area contributed by atoms with Crippen LogP contribution in [-0.2, 0) is 0 Å². The maximum absolute atomic E-state index is 5.07. The minimum Gasteiger partial charge on any atom is -0.323 e. The minimum atomic E-state index is 0.205. The fourth-order valence-corrected chi connectivity index (χ4v) is 4.01. The second kappa shape index (κ2) is 8.53. The van der Waals surface area contributed by atoms with Gasteiger partial charge in [0.05, 0.1) is 12.1 Å². The number of rotatable bonds is 3. The van der Waals surface area contributed by atoms with Crippen LogP contribution in [0.25, 0.3) is 0 Å². The van der Waals surface area contributed by atoms with Crippen LogP contribution >= 0.6 is 11.8 Å². The maximum Gasteiger partial charge on any atom is 0.162 e. The summed E-state index contributed by atoms with van der Waals surface area (Å²) < 4.78 is 0. The van der Waals surface area contributed by atoms with Crippen molar-refractivity contribution in [3.05, 3.63) is 35.9 Å². The van der Waals surface area contributed by atoms with Crippen molar-refractivity contribution in [2.24, 2.45) is 9.98 Å². The number of nitrogens with zero attached hydrogens (tertiary/aromatic N) is 2. The van der Waals surface area contributed by atoms with E-state index < -0.39 is 0 Å². The molecule has 1 aliphatic heterocycles. The van der Waals surface area contributed by atoms with Gasteiger partial charge in [0.1, 0.15) is 5.84 Å². The third kappa shape index (κ3) is 4.84. The van der Waals surface area contributed by atoms with Gasteiger partial charge in [-0.05, 0) is 24.2 Å². The molecule has 1 aromatic carbocycles. The predicted octanol–water partition coefficient (Wildman–Crippen LogP) is 4.95. The molecule has 0 bridgehead atoms. The molecule has 124 valence electrons. The van der Waals surface area contributed by atoms with Crippen LogP contribution in [0.1, 0.15) is 63.5 Å². The lowest BCUT2D eigenvalue weighted by Gasteiger charge is -2.24. The van der Waals surface area contributed by atoms with Crippen LogP contribution < -0.4 is 5.32 Å². The molecular formula is C19H27N3S. The predicted molar refractivity (Wildman–Crippen MR) is 101 cm³/mol. The summed E-state index contributed by atoms with van der Waals surface area (Å²) in [4.78, 5) is 9.97. The number of amidine groups is 2. The van der Waals surface area contributed by atoms with Gasteiger partial charge in [-0.2, -0.15) is 0 Å². The highest BCUT2D eigenvalue weighted by Crippen LogP contribution is 2.27. The van der Waals surface area contributed by atoms with E-state index in [2.05, 4.69) is 42.6 Å². The molecule has 1 N–H and O–H groups in total. The van der Waals surface area contributed by atoms with Gasteiger partial charge in [0.2, 0.25) is 0 Å². The zero-order chi connectivity index (χ0) is 15.9. The Morgan fingerprint density at radius 2 is 1.87 bits per heavy atom. The summed E-state index contributed by atoms with van der Waals surface area (Å²) in [6.45, 7) is 2.17. The Labute approximate surface area is 144 Å². The molecule has 3 nitrogen and oxygen atoms in total. The van der Waals surface area contributed by atoms with E-state index in [1.165, 1.54) is 44.1 Å². The van der Waals surface area contributed by atoms with Gasteiger partial charge in [0, 0.05) is 6.42 Å². The topological polar surface area (TPSA) is 36.8 Å². The Bertz CT molecular complexity index is 545. The number of benzene rings is 1. The van der Waals surface area contributed by atoms with Crippen molar-refractivity contribution < 1.29 is 0 Å². The molecule has 0 radical (unpaired) electrons. The Morgan fingerprint density at radius 1 is 1.13 bits per heavy atom. The second-order valence-corrected chi connectivity index (χ2v) is 7.60. The average Bonchev–Trinajstić information content (AvgIpc) is 2.84. The molecule has 1 aliphatic carbocycles. The zero-order valence-electron chi connectivity index (χ0n) is 14.0. The van der Waals surface area contributed by atoms with Crippen LogP contribution in [0.4, 0.5) is 0 Å². The van der Waals surface area contributed by atoms with Gasteiger partial charge in [0.15, 0.2) is 5.17 Å². The van der Waals surface area contributed by atoms with Crippen molar-refractivity contribution in [3.63, 3.8) is 0 Å². The van der Waals surface area contributed by atoms with Gasteiger partial charge in [-0.25, -0.2) is 0 Å². The minimum absolute atomic E-state index is 0.205. The normalized spacial score (nSPS) is 24.8. The van der Waals surface area contributed by atoms with Gasteiger partial charge in [0.25, 0.3) is 0 Å². The van der Waals surface area contributed by atoms with Gasteiger partial charge in [-0.1, -0.05) is 74.7 Å². The van der Waals surface area contributed by atoms with Gasteiger partial charge in [-0.15, -0.1) is 0 Å². The summed E-state index contributed by atoms with van der Waals surface area (Å²) in [5.41, 5.74) is 1.29. The van der Waals surface area contributed by atoms with Crippen molar-refractivity contribution in [1.29, 1.82) is 0 Å². The molecule has 23 heavy (non-hydrogen) atoms. The van der Waals surface area contributed by atoms with Crippen LogP contribution in [0.3, 0.4) is 0 Å². The van der Waals surface area contributed by atoms with Crippen molar-refractivity contribution >= 4 is 22.8 Å². The van der Waals surface area contributed by atoms with E-state index in [0.29, 0.717) is 6.04 Å². The van der Waals surface area contributed by atoms with E-state index in [1.807, 2.05) is 0 Å². The average molecular weight is 330 g/mol. The fourth-order valence-electron chi connectivity index (χ4n) is 3.35. The van der Waals surface area contributed by atoms with Crippen LogP contribution in [0.15, 0.2) is 40.3 Å². The monoisotopic (exact) mass is 329 g/mol. The van der Waals surface area contributed by atoms with Crippen molar-refractivity contribution in [2.75, 3.05) is 5.75 Å². The summed E-state index contributed by atoms with van der Waals surface area (Å²) in [5.74, 6) is 2.17. The number of thioether (sulfide) groups is 1. The van der Waals surface area contributed by atoms with E-state index in [9.17, 15) is 0 Å². The Morgan fingerprint density at radius 3 is 2.57 bits per heavy atom. The standard InChI is InChI=1S/C19H27N3S/c1-2-23-19-21-17(15-10-6-5-7-11-15)14-18(22-19)20-16-12-8-3-4-9-13-16/h5-7,10-11,16-17H,2-4,8-9,12-14H2,1H3,(H,20,21,22). The van der Waals surface area contributed by atoms with Gasteiger partial charge >= 0.3 is 0 Å². The van der Waals surface area contributed by atoms with Gasteiger partial charge < -0.3 is 5.32 Å². The first-order valence-corrected chi connectivity index (χ1v) is 9.93. The first kappa shape index (κ1) is 16.6. The lowest BCUT2D eigenvalue weighted by Crippen LogP contribution is -2.35. The highest BCUT2D eigenvalue weighted by Gasteiger charge is 2.22. The van der Waals surface area contributed by atoms with Crippen molar-refractivity contribution in [3.8, 4) is 0 Å². The molecule has 3 rings (SSSR count). The van der Waals surface area contributed by atoms with E-state index in [1.54, 1.807) is 11.8 Å². The Kier molecular flexibility index (Phi) is 6.14. The van der Waals surface area contributed by atoms with Crippen LogP contribution in [0, 0.1) is 0 Å². The summed E-state index contributed by atoms with van der Waals surface area (Å²) in [5, 5.41) is 4.51. The van der Waals surface area contributed by atoms with Crippen molar-refractivity contribution in [1.82, 2.24) is 5.32 Å². The quantitative estimate of drug-likeness (QED) is 0.796. The van der Waals surface area contributed by atoms with Crippen LogP contribution in [0.2, 0.25) is 0 Å². The van der Waals surface area contributed by atoms with Crippen molar-refractivity contribution in [2.45, 2.75) is 64.0 Å². The SMILES string of the molecule is CCSC1=NC(c2ccccc2)CC(=NC2CCCCCC2)N1. The summed E-state index contributed by atoms with van der Waals surface area (Å²) >= 11 is 1.78. The molecule has 1 atom stereocenters. The summed E-state index contributed by atoms with van der Waals surface area (Å²) in [6, 6.07) is 11.3. The maximum atomic E-state index is 5.07. The lowest BCUT2D eigenvalue weighted by atomic mass is 10.0. The summed E-state index contributed by atoms with van der Waals surface area (Å²) in [6.07, 6.45) is 8.79. The summed E-state index contributed by atoms with van der Waals surface area (Å²) in [7, 11) is 0. The Hall–Kier alpha value is -1.29. The highest BCUT2D eigenvalue weighted by atomic mass is 32.2. The molecule has 0 saturated heterocycles. The number of hydrogen-bond acceptors (Lipinski definition) is 3. The first-order chi connectivity index (χ1) is 11.3. The van der Waals surface area contributed by atoms with E-state index in [0.717, 1.165) is 23.2 Å². The molecule has 1 aromatic rings. The molecular weight excluding hydrogens is 302 g/mol.